The van der Waals surface area contributed by atoms with Crippen molar-refractivity contribution in [1.29, 1.82) is 0 Å². The fourth-order valence-corrected chi connectivity index (χ4v) is 6.16. The standard InChI is InChI=1S/C28H32ClN3O3S/c1-34-25-17-22(11-12-24(25)35-16-14-30-18-19-5-3-2-4-6-19)32-15-13-23-26(28(32)33)36-27(31-23)20-7-9-21(29)10-8-20/h7-12,17,19,30H,2-6,13-16,18H2,1H3. The lowest BCUT2D eigenvalue weighted by Crippen LogP contribution is -2.36. The van der Waals surface area contributed by atoms with E-state index in [9.17, 15) is 4.79 Å². The van der Waals surface area contributed by atoms with Gasteiger partial charge in [-0.3, -0.25) is 4.79 Å². The van der Waals surface area contributed by atoms with Gasteiger partial charge in [0.15, 0.2) is 11.5 Å². The molecule has 3 aromatic rings. The van der Waals surface area contributed by atoms with E-state index in [1.807, 2.05) is 42.5 Å². The number of hydrogen-bond acceptors (Lipinski definition) is 6. The van der Waals surface area contributed by atoms with Crippen LogP contribution >= 0.6 is 22.9 Å². The Labute approximate surface area is 221 Å². The predicted octanol–water partition coefficient (Wildman–Crippen LogP) is 6.22. The number of benzene rings is 2. The second-order valence-electron chi connectivity index (χ2n) is 9.40. The molecular formula is C28H32ClN3O3S. The van der Waals surface area contributed by atoms with Crippen LogP contribution in [0.15, 0.2) is 42.5 Å². The van der Waals surface area contributed by atoms with Gasteiger partial charge in [-0.1, -0.05) is 43.0 Å². The number of halogens is 1. The Bertz CT molecular complexity index is 1190. The van der Waals surface area contributed by atoms with Gasteiger partial charge < -0.3 is 19.7 Å². The zero-order valence-electron chi connectivity index (χ0n) is 20.6. The van der Waals surface area contributed by atoms with Crippen LogP contribution in [0.2, 0.25) is 5.02 Å². The molecule has 6 nitrogen and oxygen atoms in total. The molecule has 0 unspecified atom stereocenters. The van der Waals surface area contributed by atoms with E-state index in [0.717, 1.165) is 41.0 Å². The molecule has 2 heterocycles. The number of nitrogens with zero attached hydrogens (tertiary/aromatic N) is 2. The number of methoxy groups -OCH3 is 1. The summed E-state index contributed by atoms with van der Waals surface area (Å²) < 4.78 is 11.6. The quantitative estimate of drug-likeness (QED) is 0.336. The summed E-state index contributed by atoms with van der Waals surface area (Å²) in [6, 6.07) is 13.3. The van der Waals surface area contributed by atoms with Crippen molar-refractivity contribution in [2.75, 3.05) is 38.3 Å². The van der Waals surface area contributed by atoms with E-state index in [0.29, 0.717) is 41.0 Å². The number of hydrogen-bond donors (Lipinski definition) is 1. The molecule has 2 aliphatic rings. The topological polar surface area (TPSA) is 63.7 Å². The Kier molecular flexibility index (Phi) is 8.09. The Morgan fingerprint density at radius 1 is 1.11 bits per heavy atom. The normalized spacial score (nSPS) is 16.2. The molecule has 1 aromatic heterocycles. The van der Waals surface area contributed by atoms with Crippen LogP contribution in [-0.2, 0) is 6.42 Å². The van der Waals surface area contributed by atoms with E-state index >= 15 is 0 Å². The third kappa shape index (κ3) is 5.69. The molecule has 0 atom stereocenters. The predicted molar refractivity (Wildman–Crippen MR) is 146 cm³/mol. The van der Waals surface area contributed by atoms with Crippen LogP contribution in [0.4, 0.5) is 5.69 Å². The van der Waals surface area contributed by atoms with Crippen molar-refractivity contribution >= 4 is 34.5 Å². The molecule has 1 saturated carbocycles. The van der Waals surface area contributed by atoms with Gasteiger partial charge in [0.25, 0.3) is 5.91 Å². The van der Waals surface area contributed by atoms with Crippen LogP contribution in [0.3, 0.4) is 0 Å². The largest absolute Gasteiger partial charge is 0.493 e. The van der Waals surface area contributed by atoms with E-state index in [-0.39, 0.29) is 5.91 Å². The highest BCUT2D eigenvalue weighted by molar-refractivity contribution is 7.17. The van der Waals surface area contributed by atoms with E-state index in [2.05, 4.69) is 5.32 Å². The maximum atomic E-state index is 13.4. The maximum Gasteiger partial charge on any atom is 0.270 e. The number of anilines is 1. The molecule has 36 heavy (non-hydrogen) atoms. The Balaban J connectivity index is 1.21. The lowest BCUT2D eigenvalue weighted by atomic mass is 9.89. The van der Waals surface area contributed by atoms with Gasteiger partial charge >= 0.3 is 0 Å². The van der Waals surface area contributed by atoms with Crippen LogP contribution < -0.4 is 19.7 Å². The second kappa shape index (κ2) is 11.6. The van der Waals surface area contributed by atoms with Crippen LogP contribution in [0.1, 0.15) is 47.5 Å². The summed E-state index contributed by atoms with van der Waals surface area (Å²) in [7, 11) is 1.63. The van der Waals surface area contributed by atoms with Gasteiger partial charge in [0.05, 0.1) is 12.8 Å². The smallest absolute Gasteiger partial charge is 0.270 e. The fraction of sp³-hybridized carbons (Fsp3) is 0.429. The van der Waals surface area contributed by atoms with Crippen molar-refractivity contribution in [3.05, 3.63) is 58.1 Å². The summed E-state index contributed by atoms with van der Waals surface area (Å²) in [4.78, 5) is 20.6. The fourth-order valence-electron chi connectivity index (χ4n) is 4.97. The number of aromatic nitrogens is 1. The van der Waals surface area contributed by atoms with Crippen molar-refractivity contribution < 1.29 is 14.3 Å². The van der Waals surface area contributed by atoms with Gasteiger partial charge in [0.2, 0.25) is 0 Å². The molecule has 0 radical (unpaired) electrons. The number of rotatable bonds is 9. The molecule has 1 amide bonds. The van der Waals surface area contributed by atoms with Gasteiger partial charge in [-0.25, -0.2) is 4.98 Å². The first-order valence-corrected chi connectivity index (χ1v) is 13.9. The third-order valence-corrected chi connectivity index (χ3v) is 8.34. The summed E-state index contributed by atoms with van der Waals surface area (Å²) >= 11 is 7.45. The summed E-state index contributed by atoms with van der Waals surface area (Å²) in [6.45, 7) is 3.01. The minimum Gasteiger partial charge on any atom is -0.493 e. The lowest BCUT2D eigenvalue weighted by Gasteiger charge is -2.26. The minimum atomic E-state index is -0.0309. The van der Waals surface area contributed by atoms with Crippen LogP contribution in [0, 0.1) is 5.92 Å². The van der Waals surface area contributed by atoms with Crippen molar-refractivity contribution in [3.8, 4) is 22.1 Å². The molecule has 8 heteroatoms. The lowest BCUT2D eigenvalue weighted by molar-refractivity contribution is 0.0984. The van der Waals surface area contributed by atoms with Crippen LogP contribution in [-0.4, -0.2) is 44.2 Å². The van der Waals surface area contributed by atoms with Gasteiger partial charge in [-0.05, 0) is 49.6 Å². The highest BCUT2D eigenvalue weighted by Crippen LogP contribution is 2.37. The SMILES string of the molecule is COc1cc(N2CCc3nc(-c4ccc(Cl)cc4)sc3C2=O)ccc1OCCNCC1CCCCC1. The first-order valence-electron chi connectivity index (χ1n) is 12.7. The first kappa shape index (κ1) is 25.1. The molecule has 0 spiro atoms. The molecule has 0 saturated heterocycles. The van der Waals surface area contributed by atoms with Crippen molar-refractivity contribution in [3.63, 3.8) is 0 Å². The number of ether oxygens (including phenoxy) is 2. The molecule has 1 N–H and O–H groups in total. The van der Waals surface area contributed by atoms with Gasteiger partial charge in [0, 0.05) is 41.9 Å². The molecule has 5 rings (SSSR count). The average Bonchev–Trinajstić information content (AvgIpc) is 3.35. The zero-order chi connectivity index (χ0) is 24.9. The van der Waals surface area contributed by atoms with Crippen molar-refractivity contribution in [1.82, 2.24) is 10.3 Å². The Morgan fingerprint density at radius 2 is 1.92 bits per heavy atom. The third-order valence-electron chi connectivity index (χ3n) is 6.95. The van der Waals surface area contributed by atoms with Gasteiger partial charge in [-0.2, -0.15) is 0 Å². The molecule has 2 aromatic carbocycles. The molecule has 1 fully saturated rings. The number of amides is 1. The molecule has 190 valence electrons. The second-order valence-corrected chi connectivity index (χ2v) is 10.8. The monoisotopic (exact) mass is 525 g/mol. The molecule has 0 bridgehead atoms. The van der Waals surface area contributed by atoms with E-state index in [1.54, 1.807) is 12.0 Å². The van der Waals surface area contributed by atoms with Gasteiger partial charge in [0.1, 0.15) is 16.5 Å². The Hall–Kier alpha value is -2.61. The maximum absolute atomic E-state index is 13.4. The number of carbonyl (C=O) groups is 1. The zero-order valence-corrected chi connectivity index (χ0v) is 22.2. The Morgan fingerprint density at radius 3 is 2.69 bits per heavy atom. The van der Waals surface area contributed by atoms with Crippen LogP contribution in [0.5, 0.6) is 11.5 Å². The number of thiazole rings is 1. The summed E-state index contributed by atoms with van der Waals surface area (Å²) in [6.07, 6.45) is 7.49. The number of carbonyl (C=O) groups excluding carboxylic acids is 1. The van der Waals surface area contributed by atoms with Gasteiger partial charge in [-0.15, -0.1) is 11.3 Å². The van der Waals surface area contributed by atoms with Crippen molar-refractivity contribution in [2.45, 2.75) is 38.5 Å². The van der Waals surface area contributed by atoms with E-state index in [4.69, 9.17) is 26.1 Å². The number of fused-ring (bicyclic) bond motifs is 1. The summed E-state index contributed by atoms with van der Waals surface area (Å²) in [5.41, 5.74) is 2.63. The molecule has 1 aliphatic heterocycles. The summed E-state index contributed by atoms with van der Waals surface area (Å²) in [5.74, 6) is 2.09. The van der Waals surface area contributed by atoms with E-state index in [1.165, 1.54) is 43.4 Å². The van der Waals surface area contributed by atoms with Crippen LogP contribution in [0.25, 0.3) is 10.6 Å². The highest BCUT2D eigenvalue weighted by Gasteiger charge is 2.30. The highest BCUT2D eigenvalue weighted by atomic mass is 35.5. The summed E-state index contributed by atoms with van der Waals surface area (Å²) in [5, 5.41) is 5.05. The number of nitrogens with one attached hydrogen (secondary N) is 1. The minimum absolute atomic E-state index is 0.0309. The van der Waals surface area contributed by atoms with Crippen molar-refractivity contribution in [2.24, 2.45) is 5.92 Å². The molecular weight excluding hydrogens is 494 g/mol. The first-order chi connectivity index (χ1) is 17.6. The average molecular weight is 526 g/mol. The van der Waals surface area contributed by atoms with E-state index < -0.39 is 0 Å². The molecule has 1 aliphatic carbocycles.